The first-order valence-electron chi connectivity index (χ1n) is 4.96. The van der Waals surface area contributed by atoms with Crippen LogP contribution in [0, 0.1) is 5.92 Å². The van der Waals surface area contributed by atoms with E-state index in [0.29, 0.717) is 6.04 Å². The standard InChI is InChI=1S/C10H23N/c1-4-6-10(7-5-2)8-9(3)11/h9-10H,4-8,11H2,1-3H3. The first-order valence-corrected chi connectivity index (χ1v) is 4.96. The topological polar surface area (TPSA) is 26.0 Å². The van der Waals surface area contributed by atoms with Gasteiger partial charge in [0.15, 0.2) is 0 Å². The van der Waals surface area contributed by atoms with Crippen LogP contribution in [0.2, 0.25) is 0 Å². The Morgan fingerprint density at radius 3 is 1.82 bits per heavy atom. The summed E-state index contributed by atoms with van der Waals surface area (Å²) in [5.74, 6) is 0.880. The van der Waals surface area contributed by atoms with Crippen LogP contribution in [0.25, 0.3) is 0 Å². The summed E-state index contributed by atoms with van der Waals surface area (Å²) in [6.45, 7) is 6.62. The summed E-state index contributed by atoms with van der Waals surface area (Å²) in [6.07, 6.45) is 6.53. The molecule has 0 aromatic heterocycles. The van der Waals surface area contributed by atoms with Gasteiger partial charge in [0.25, 0.3) is 0 Å². The summed E-state index contributed by atoms with van der Waals surface area (Å²) < 4.78 is 0. The van der Waals surface area contributed by atoms with E-state index in [-0.39, 0.29) is 0 Å². The molecule has 1 nitrogen and oxygen atoms in total. The van der Waals surface area contributed by atoms with E-state index in [1.54, 1.807) is 0 Å². The lowest BCUT2D eigenvalue weighted by Crippen LogP contribution is -2.19. The van der Waals surface area contributed by atoms with Crippen molar-refractivity contribution in [2.45, 2.75) is 58.9 Å². The smallest absolute Gasteiger partial charge is 0.00131 e. The first kappa shape index (κ1) is 11.0. The number of nitrogens with two attached hydrogens (primary N) is 1. The number of hydrogen-bond acceptors (Lipinski definition) is 1. The third kappa shape index (κ3) is 6.36. The molecule has 0 heterocycles. The van der Waals surface area contributed by atoms with Gasteiger partial charge < -0.3 is 5.73 Å². The largest absolute Gasteiger partial charge is 0.328 e. The van der Waals surface area contributed by atoms with Crippen molar-refractivity contribution in [3.8, 4) is 0 Å². The Hall–Kier alpha value is -0.0400. The van der Waals surface area contributed by atoms with E-state index >= 15 is 0 Å². The SMILES string of the molecule is CCCC(CCC)CC(C)N. The lowest BCUT2D eigenvalue weighted by molar-refractivity contribution is 0.385. The molecule has 0 radical (unpaired) electrons. The zero-order valence-electron chi connectivity index (χ0n) is 8.27. The zero-order valence-corrected chi connectivity index (χ0v) is 8.27. The van der Waals surface area contributed by atoms with Crippen LogP contribution in [0.1, 0.15) is 52.9 Å². The van der Waals surface area contributed by atoms with Crippen molar-refractivity contribution in [2.75, 3.05) is 0 Å². The van der Waals surface area contributed by atoms with Crippen LogP contribution in [0.3, 0.4) is 0 Å². The minimum absolute atomic E-state index is 0.387. The maximum atomic E-state index is 5.75. The molecule has 1 unspecified atom stereocenters. The van der Waals surface area contributed by atoms with E-state index in [1.165, 1.54) is 32.1 Å². The molecule has 0 rings (SSSR count). The van der Waals surface area contributed by atoms with E-state index in [2.05, 4.69) is 20.8 Å². The van der Waals surface area contributed by atoms with Gasteiger partial charge in [-0.05, 0) is 19.3 Å². The van der Waals surface area contributed by atoms with Gasteiger partial charge in [0.05, 0.1) is 0 Å². The highest BCUT2D eigenvalue weighted by atomic mass is 14.6. The highest BCUT2D eigenvalue weighted by Crippen LogP contribution is 2.18. The van der Waals surface area contributed by atoms with Gasteiger partial charge in [0.1, 0.15) is 0 Å². The zero-order chi connectivity index (χ0) is 8.69. The lowest BCUT2D eigenvalue weighted by Gasteiger charge is -2.16. The molecule has 68 valence electrons. The molecule has 0 aromatic carbocycles. The predicted octanol–water partition coefficient (Wildman–Crippen LogP) is 2.94. The summed E-state index contributed by atoms with van der Waals surface area (Å²) >= 11 is 0. The molecule has 2 N–H and O–H groups in total. The van der Waals surface area contributed by atoms with Gasteiger partial charge in [-0.15, -0.1) is 0 Å². The first-order chi connectivity index (χ1) is 5.20. The average Bonchev–Trinajstić information content (AvgIpc) is 1.87. The lowest BCUT2D eigenvalue weighted by atomic mass is 9.92. The fraction of sp³-hybridized carbons (Fsp3) is 1.00. The molecular weight excluding hydrogens is 134 g/mol. The Morgan fingerprint density at radius 2 is 1.55 bits per heavy atom. The van der Waals surface area contributed by atoms with Crippen LogP contribution in [0.4, 0.5) is 0 Å². The summed E-state index contributed by atoms with van der Waals surface area (Å²) in [5.41, 5.74) is 5.75. The van der Waals surface area contributed by atoms with E-state index < -0.39 is 0 Å². The summed E-state index contributed by atoms with van der Waals surface area (Å²) in [4.78, 5) is 0. The molecule has 0 bridgehead atoms. The van der Waals surface area contributed by atoms with Gasteiger partial charge in [-0.3, -0.25) is 0 Å². The van der Waals surface area contributed by atoms with Crippen LogP contribution in [-0.4, -0.2) is 6.04 Å². The van der Waals surface area contributed by atoms with Gasteiger partial charge in [-0.2, -0.15) is 0 Å². The number of rotatable bonds is 6. The molecule has 0 aliphatic rings. The van der Waals surface area contributed by atoms with Crippen LogP contribution < -0.4 is 5.73 Å². The van der Waals surface area contributed by atoms with Crippen LogP contribution in [0.15, 0.2) is 0 Å². The van der Waals surface area contributed by atoms with Crippen molar-refractivity contribution in [3.05, 3.63) is 0 Å². The van der Waals surface area contributed by atoms with Gasteiger partial charge in [-0.1, -0.05) is 39.5 Å². The van der Waals surface area contributed by atoms with E-state index in [1.807, 2.05) is 0 Å². The minimum Gasteiger partial charge on any atom is -0.328 e. The Labute approximate surface area is 71.4 Å². The van der Waals surface area contributed by atoms with E-state index in [9.17, 15) is 0 Å². The molecule has 0 spiro atoms. The molecule has 0 saturated heterocycles. The van der Waals surface area contributed by atoms with Crippen molar-refractivity contribution < 1.29 is 0 Å². The maximum absolute atomic E-state index is 5.75. The highest BCUT2D eigenvalue weighted by Gasteiger charge is 2.08. The van der Waals surface area contributed by atoms with Crippen molar-refractivity contribution in [2.24, 2.45) is 11.7 Å². The van der Waals surface area contributed by atoms with Crippen molar-refractivity contribution in [1.82, 2.24) is 0 Å². The monoisotopic (exact) mass is 157 g/mol. The van der Waals surface area contributed by atoms with E-state index in [4.69, 9.17) is 5.73 Å². The molecule has 0 saturated carbocycles. The second-order valence-corrected chi connectivity index (χ2v) is 3.66. The van der Waals surface area contributed by atoms with Crippen molar-refractivity contribution >= 4 is 0 Å². The maximum Gasteiger partial charge on any atom is 0.00131 e. The molecular formula is C10H23N. The minimum atomic E-state index is 0.387. The van der Waals surface area contributed by atoms with Crippen LogP contribution in [-0.2, 0) is 0 Å². The van der Waals surface area contributed by atoms with E-state index in [0.717, 1.165) is 5.92 Å². The summed E-state index contributed by atoms with van der Waals surface area (Å²) in [5, 5.41) is 0. The second-order valence-electron chi connectivity index (χ2n) is 3.66. The second kappa shape index (κ2) is 6.66. The summed E-state index contributed by atoms with van der Waals surface area (Å²) in [6, 6.07) is 0.387. The van der Waals surface area contributed by atoms with Crippen molar-refractivity contribution in [1.29, 1.82) is 0 Å². The molecule has 1 heteroatoms. The number of hydrogen-bond donors (Lipinski definition) is 1. The van der Waals surface area contributed by atoms with Crippen LogP contribution in [0.5, 0.6) is 0 Å². The normalized spacial score (nSPS) is 13.9. The summed E-state index contributed by atoms with van der Waals surface area (Å²) in [7, 11) is 0. The van der Waals surface area contributed by atoms with Gasteiger partial charge in [0.2, 0.25) is 0 Å². The average molecular weight is 157 g/mol. The fourth-order valence-corrected chi connectivity index (χ4v) is 1.72. The molecule has 0 aliphatic heterocycles. The molecule has 0 aliphatic carbocycles. The van der Waals surface area contributed by atoms with Crippen LogP contribution >= 0.6 is 0 Å². The Bertz CT molecular complexity index is 72.9. The highest BCUT2D eigenvalue weighted by molar-refractivity contribution is 4.64. The molecule has 0 fully saturated rings. The molecule has 1 atom stereocenters. The Morgan fingerprint density at radius 1 is 1.09 bits per heavy atom. The quantitative estimate of drug-likeness (QED) is 0.630. The van der Waals surface area contributed by atoms with Gasteiger partial charge >= 0.3 is 0 Å². The molecule has 11 heavy (non-hydrogen) atoms. The van der Waals surface area contributed by atoms with Gasteiger partial charge in [-0.25, -0.2) is 0 Å². The molecule has 0 aromatic rings. The predicted molar refractivity (Wildman–Crippen MR) is 51.6 cm³/mol. The molecule has 0 amide bonds. The van der Waals surface area contributed by atoms with Crippen molar-refractivity contribution in [3.63, 3.8) is 0 Å². The third-order valence-electron chi connectivity index (χ3n) is 2.10. The third-order valence-corrected chi connectivity index (χ3v) is 2.10. The Balaban J connectivity index is 3.50. The Kier molecular flexibility index (Phi) is 6.63. The fourth-order valence-electron chi connectivity index (χ4n) is 1.72. The van der Waals surface area contributed by atoms with Gasteiger partial charge in [0, 0.05) is 6.04 Å².